The number of benzene rings is 1. The van der Waals surface area contributed by atoms with E-state index in [1.165, 1.54) is 49.8 Å². The van der Waals surface area contributed by atoms with E-state index in [0.29, 0.717) is 16.2 Å². The fraction of sp³-hybridized carbons (Fsp3) is 0.750. The Morgan fingerprint density at radius 2 is 1.50 bits per heavy atom. The Morgan fingerprint density at radius 3 is 2.04 bits per heavy atom. The molecule has 2 heteroatoms. The van der Waals surface area contributed by atoms with Gasteiger partial charge in [-0.05, 0) is 85.0 Å². The number of para-hydroxylation sites is 1. The predicted molar refractivity (Wildman–Crippen MR) is 113 cm³/mol. The van der Waals surface area contributed by atoms with Crippen molar-refractivity contribution in [3.05, 3.63) is 29.8 Å². The molecule has 0 aromatic heterocycles. The smallest absolute Gasteiger partial charge is 0.250 e. The van der Waals surface area contributed by atoms with Crippen molar-refractivity contribution < 1.29 is 4.43 Å². The van der Waals surface area contributed by atoms with Crippen LogP contribution in [0.2, 0.25) is 18.1 Å². The molecule has 4 fully saturated rings. The van der Waals surface area contributed by atoms with Crippen LogP contribution in [0.5, 0.6) is 5.75 Å². The number of hydrogen-bond donors (Lipinski definition) is 0. The molecular formula is C24H38OSi. The molecule has 0 amide bonds. The third-order valence-corrected chi connectivity index (χ3v) is 12.6. The standard InChI is InChI=1S/C24H38OSi/c1-21(2,3)26(6,7)25-20-11-9-8-10-19(20)24-14-18-12-22(4,16-24)15-23(5,13-18)17-24/h8-11,18H,12-17H2,1-7H3. The van der Waals surface area contributed by atoms with E-state index in [1.807, 2.05) is 0 Å². The van der Waals surface area contributed by atoms with Gasteiger partial charge in [0.25, 0.3) is 0 Å². The van der Waals surface area contributed by atoms with Gasteiger partial charge in [0.15, 0.2) is 0 Å². The van der Waals surface area contributed by atoms with Gasteiger partial charge in [0.1, 0.15) is 5.75 Å². The maximum absolute atomic E-state index is 6.89. The highest BCUT2D eigenvalue weighted by molar-refractivity contribution is 6.74. The summed E-state index contributed by atoms with van der Waals surface area (Å²) in [7, 11) is -1.83. The minimum atomic E-state index is -1.83. The molecule has 4 saturated carbocycles. The van der Waals surface area contributed by atoms with Crippen molar-refractivity contribution >= 4 is 8.32 Å². The van der Waals surface area contributed by atoms with Gasteiger partial charge in [-0.3, -0.25) is 0 Å². The van der Waals surface area contributed by atoms with Gasteiger partial charge >= 0.3 is 0 Å². The van der Waals surface area contributed by atoms with Gasteiger partial charge in [0, 0.05) is 5.41 Å². The largest absolute Gasteiger partial charge is 0.543 e. The second-order valence-electron chi connectivity index (χ2n) is 12.3. The lowest BCUT2D eigenvalue weighted by atomic mass is 9.39. The van der Waals surface area contributed by atoms with Crippen molar-refractivity contribution in [3.63, 3.8) is 0 Å². The molecule has 5 rings (SSSR count). The summed E-state index contributed by atoms with van der Waals surface area (Å²) in [5.74, 6) is 2.12. The van der Waals surface area contributed by atoms with Gasteiger partial charge in [-0.2, -0.15) is 0 Å². The van der Waals surface area contributed by atoms with Crippen LogP contribution in [0.25, 0.3) is 0 Å². The molecule has 4 aliphatic carbocycles. The molecule has 0 radical (unpaired) electrons. The molecule has 4 bridgehead atoms. The first kappa shape index (κ1) is 18.6. The summed E-state index contributed by atoms with van der Waals surface area (Å²) in [5, 5.41) is 0.236. The van der Waals surface area contributed by atoms with E-state index in [-0.39, 0.29) is 5.04 Å². The fourth-order valence-electron chi connectivity index (χ4n) is 7.17. The van der Waals surface area contributed by atoms with E-state index in [1.54, 1.807) is 0 Å². The molecule has 0 spiro atoms. The molecule has 2 atom stereocenters. The van der Waals surface area contributed by atoms with Gasteiger partial charge in [0.2, 0.25) is 8.32 Å². The Kier molecular flexibility index (Phi) is 3.86. The third-order valence-electron chi connectivity index (χ3n) is 8.26. The van der Waals surface area contributed by atoms with Crippen LogP contribution in [0, 0.1) is 16.7 Å². The van der Waals surface area contributed by atoms with E-state index in [2.05, 4.69) is 72.0 Å². The summed E-state index contributed by atoms with van der Waals surface area (Å²) in [6.45, 7) is 16.9. The van der Waals surface area contributed by atoms with Gasteiger partial charge in [-0.1, -0.05) is 52.8 Å². The van der Waals surface area contributed by atoms with E-state index < -0.39 is 8.32 Å². The molecule has 4 aliphatic rings. The van der Waals surface area contributed by atoms with Crippen LogP contribution in [-0.4, -0.2) is 8.32 Å². The van der Waals surface area contributed by atoms with Crippen LogP contribution in [0.3, 0.4) is 0 Å². The highest BCUT2D eigenvalue weighted by Crippen LogP contribution is 2.70. The van der Waals surface area contributed by atoms with Crippen LogP contribution >= 0.6 is 0 Å². The van der Waals surface area contributed by atoms with Crippen LogP contribution in [0.4, 0.5) is 0 Å². The Labute approximate surface area is 162 Å². The van der Waals surface area contributed by atoms with Crippen LogP contribution in [0.1, 0.15) is 78.7 Å². The Balaban J connectivity index is 1.76. The summed E-state index contributed by atoms with van der Waals surface area (Å²) in [6, 6.07) is 9.09. The first-order valence-corrected chi connectivity index (χ1v) is 13.6. The molecule has 0 saturated heterocycles. The maximum Gasteiger partial charge on any atom is 0.250 e. The monoisotopic (exact) mass is 370 g/mol. The highest BCUT2D eigenvalue weighted by atomic mass is 28.4. The van der Waals surface area contributed by atoms with E-state index >= 15 is 0 Å². The van der Waals surface area contributed by atoms with Crippen molar-refractivity contribution in [2.75, 3.05) is 0 Å². The summed E-state index contributed by atoms with van der Waals surface area (Å²) < 4.78 is 6.89. The minimum absolute atomic E-state index is 0.236. The number of rotatable bonds is 3. The molecule has 1 aromatic carbocycles. The molecule has 0 N–H and O–H groups in total. The molecule has 1 aromatic rings. The zero-order valence-corrected chi connectivity index (χ0v) is 19.0. The Hall–Kier alpha value is -0.763. The maximum atomic E-state index is 6.89. The zero-order valence-electron chi connectivity index (χ0n) is 18.0. The second kappa shape index (κ2) is 5.40. The van der Waals surface area contributed by atoms with Crippen molar-refractivity contribution in [1.29, 1.82) is 0 Å². The van der Waals surface area contributed by atoms with Crippen molar-refractivity contribution in [2.45, 2.75) is 96.7 Å². The molecule has 144 valence electrons. The summed E-state index contributed by atoms with van der Waals surface area (Å²) in [6.07, 6.45) is 8.46. The Morgan fingerprint density at radius 1 is 0.923 bits per heavy atom. The van der Waals surface area contributed by atoms with Crippen molar-refractivity contribution in [1.82, 2.24) is 0 Å². The lowest BCUT2D eigenvalue weighted by molar-refractivity contribution is -0.110. The molecule has 0 aliphatic heterocycles. The summed E-state index contributed by atoms with van der Waals surface area (Å²) in [5.41, 5.74) is 2.96. The average Bonchev–Trinajstić information content (AvgIpc) is 2.42. The molecular weight excluding hydrogens is 332 g/mol. The topological polar surface area (TPSA) is 9.23 Å². The lowest BCUT2D eigenvalue weighted by Crippen LogP contribution is -2.57. The van der Waals surface area contributed by atoms with Crippen molar-refractivity contribution in [2.24, 2.45) is 16.7 Å². The van der Waals surface area contributed by atoms with Gasteiger partial charge in [0.05, 0.1) is 0 Å². The number of hydrogen-bond acceptors (Lipinski definition) is 1. The van der Waals surface area contributed by atoms with Gasteiger partial charge in [-0.15, -0.1) is 0 Å². The van der Waals surface area contributed by atoms with Crippen molar-refractivity contribution in [3.8, 4) is 5.75 Å². The first-order valence-electron chi connectivity index (χ1n) is 10.6. The van der Waals surface area contributed by atoms with E-state index in [0.717, 1.165) is 5.92 Å². The van der Waals surface area contributed by atoms with Gasteiger partial charge < -0.3 is 4.43 Å². The molecule has 26 heavy (non-hydrogen) atoms. The zero-order chi connectivity index (χ0) is 19.0. The normalized spacial score (nSPS) is 39.3. The Bertz CT molecular complexity index is 695. The summed E-state index contributed by atoms with van der Waals surface area (Å²) >= 11 is 0. The van der Waals surface area contributed by atoms with Crippen LogP contribution in [-0.2, 0) is 5.41 Å². The summed E-state index contributed by atoms with van der Waals surface area (Å²) in [4.78, 5) is 0. The molecule has 1 nitrogen and oxygen atoms in total. The SMILES string of the molecule is CC12CC3CC(C)(C1)CC(c1ccccc1O[Si](C)(C)C(C)(C)C)(C3)C2. The predicted octanol–water partition coefficient (Wildman–Crippen LogP) is 7.32. The lowest BCUT2D eigenvalue weighted by Gasteiger charge is -2.65. The molecule has 2 unspecified atom stereocenters. The van der Waals surface area contributed by atoms with Crippen LogP contribution in [0.15, 0.2) is 24.3 Å². The first-order chi connectivity index (χ1) is 11.9. The quantitative estimate of drug-likeness (QED) is 0.506. The highest BCUT2D eigenvalue weighted by Gasteiger charge is 2.61. The van der Waals surface area contributed by atoms with Crippen LogP contribution < -0.4 is 4.43 Å². The second-order valence-corrected chi connectivity index (χ2v) is 17.0. The van der Waals surface area contributed by atoms with E-state index in [9.17, 15) is 0 Å². The fourth-order valence-corrected chi connectivity index (χ4v) is 8.20. The van der Waals surface area contributed by atoms with E-state index in [4.69, 9.17) is 4.43 Å². The minimum Gasteiger partial charge on any atom is -0.543 e. The third kappa shape index (κ3) is 2.87. The van der Waals surface area contributed by atoms with Gasteiger partial charge in [-0.25, -0.2) is 0 Å². The molecule has 0 heterocycles. The average molecular weight is 371 g/mol.